The van der Waals surface area contributed by atoms with Crippen LogP contribution in [0.1, 0.15) is 25.7 Å². The number of rotatable bonds is 2. The van der Waals surface area contributed by atoms with E-state index in [1.807, 2.05) is 0 Å². The summed E-state index contributed by atoms with van der Waals surface area (Å²) in [5.41, 5.74) is 0. The van der Waals surface area contributed by atoms with Crippen molar-refractivity contribution in [1.82, 2.24) is 0 Å². The standard InChI is InChI=1S/C8H14O3/c1-11-8(10)5-6-3-2-4-7(6)9/h6-7,9H,2-5H2,1H3. The Kier molecular flexibility index (Phi) is 2.88. The van der Waals surface area contributed by atoms with Gasteiger partial charge in [0, 0.05) is 0 Å². The molecule has 0 aromatic carbocycles. The largest absolute Gasteiger partial charge is 0.469 e. The zero-order chi connectivity index (χ0) is 8.27. The number of aliphatic hydroxyl groups excluding tert-OH is 1. The molecule has 1 aliphatic carbocycles. The van der Waals surface area contributed by atoms with E-state index in [-0.39, 0.29) is 18.0 Å². The van der Waals surface area contributed by atoms with Gasteiger partial charge >= 0.3 is 5.97 Å². The predicted octanol–water partition coefficient (Wildman–Crippen LogP) is 0.710. The molecule has 1 saturated carbocycles. The van der Waals surface area contributed by atoms with Gasteiger partial charge in [0.15, 0.2) is 0 Å². The van der Waals surface area contributed by atoms with Crippen LogP contribution in [0.5, 0.6) is 0 Å². The lowest BCUT2D eigenvalue weighted by Crippen LogP contribution is -2.17. The van der Waals surface area contributed by atoms with Gasteiger partial charge in [0.05, 0.1) is 19.6 Å². The molecule has 2 atom stereocenters. The Hall–Kier alpha value is -0.570. The Labute approximate surface area is 66.4 Å². The fraction of sp³-hybridized carbons (Fsp3) is 0.875. The van der Waals surface area contributed by atoms with E-state index in [2.05, 4.69) is 4.74 Å². The fourth-order valence-electron chi connectivity index (χ4n) is 1.55. The number of carbonyl (C=O) groups excluding carboxylic acids is 1. The van der Waals surface area contributed by atoms with Crippen LogP contribution in [-0.2, 0) is 9.53 Å². The van der Waals surface area contributed by atoms with Crippen molar-refractivity contribution in [2.45, 2.75) is 31.8 Å². The smallest absolute Gasteiger partial charge is 0.305 e. The molecule has 3 nitrogen and oxygen atoms in total. The number of ether oxygens (including phenoxy) is 1. The van der Waals surface area contributed by atoms with Gasteiger partial charge in [-0.3, -0.25) is 4.79 Å². The number of aliphatic hydroxyl groups is 1. The average Bonchev–Trinajstić information content (AvgIpc) is 2.37. The molecule has 0 aromatic rings. The highest BCUT2D eigenvalue weighted by atomic mass is 16.5. The molecule has 1 rings (SSSR count). The van der Waals surface area contributed by atoms with Crippen LogP contribution in [-0.4, -0.2) is 24.3 Å². The van der Waals surface area contributed by atoms with E-state index in [4.69, 9.17) is 0 Å². The van der Waals surface area contributed by atoms with E-state index in [0.717, 1.165) is 19.3 Å². The summed E-state index contributed by atoms with van der Waals surface area (Å²) in [6, 6.07) is 0. The molecule has 0 aliphatic heterocycles. The lowest BCUT2D eigenvalue weighted by atomic mass is 10.0. The lowest BCUT2D eigenvalue weighted by Gasteiger charge is -2.11. The summed E-state index contributed by atoms with van der Waals surface area (Å²) in [6.45, 7) is 0. The number of hydrogen-bond acceptors (Lipinski definition) is 3. The van der Waals surface area contributed by atoms with E-state index in [0.29, 0.717) is 6.42 Å². The molecule has 0 heterocycles. The highest BCUT2D eigenvalue weighted by Crippen LogP contribution is 2.28. The Morgan fingerprint density at radius 3 is 2.82 bits per heavy atom. The zero-order valence-electron chi connectivity index (χ0n) is 6.75. The lowest BCUT2D eigenvalue weighted by molar-refractivity contribution is -0.142. The van der Waals surface area contributed by atoms with Crippen LogP contribution in [0.3, 0.4) is 0 Å². The van der Waals surface area contributed by atoms with Crippen molar-refractivity contribution in [3.8, 4) is 0 Å². The summed E-state index contributed by atoms with van der Waals surface area (Å²) < 4.78 is 4.51. The first-order chi connectivity index (χ1) is 5.24. The van der Waals surface area contributed by atoms with Gasteiger partial charge in [-0.15, -0.1) is 0 Å². The molecule has 0 aromatic heterocycles. The topological polar surface area (TPSA) is 46.5 Å². The maximum Gasteiger partial charge on any atom is 0.305 e. The van der Waals surface area contributed by atoms with Crippen LogP contribution >= 0.6 is 0 Å². The zero-order valence-corrected chi connectivity index (χ0v) is 6.75. The third-order valence-electron chi connectivity index (χ3n) is 2.28. The van der Waals surface area contributed by atoms with Gasteiger partial charge in [0.1, 0.15) is 0 Å². The second-order valence-electron chi connectivity index (χ2n) is 3.04. The molecule has 1 aliphatic rings. The van der Waals surface area contributed by atoms with Gasteiger partial charge in [-0.2, -0.15) is 0 Å². The summed E-state index contributed by atoms with van der Waals surface area (Å²) in [5, 5.41) is 9.33. The van der Waals surface area contributed by atoms with Crippen LogP contribution < -0.4 is 0 Å². The highest BCUT2D eigenvalue weighted by Gasteiger charge is 2.27. The molecule has 11 heavy (non-hydrogen) atoms. The van der Waals surface area contributed by atoms with Crippen LogP contribution in [0, 0.1) is 5.92 Å². The third kappa shape index (κ3) is 2.19. The van der Waals surface area contributed by atoms with Crippen molar-refractivity contribution in [3.05, 3.63) is 0 Å². The Balaban J connectivity index is 2.30. The molecule has 0 saturated heterocycles. The number of hydrogen-bond donors (Lipinski definition) is 1. The molecule has 0 bridgehead atoms. The quantitative estimate of drug-likeness (QED) is 0.602. The fourth-order valence-corrected chi connectivity index (χ4v) is 1.55. The SMILES string of the molecule is COC(=O)CC1CCCC1O. The third-order valence-corrected chi connectivity index (χ3v) is 2.28. The first kappa shape index (κ1) is 8.53. The molecule has 1 N–H and O–H groups in total. The molecule has 64 valence electrons. The van der Waals surface area contributed by atoms with Crippen LogP contribution in [0.25, 0.3) is 0 Å². The average molecular weight is 158 g/mol. The van der Waals surface area contributed by atoms with E-state index in [1.54, 1.807) is 0 Å². The Morgan fingerprint density at radius 1 is 1.64 bits per heavy atom. The van der Waals surface area contributed by atoms with Crippen molar-refractivity contribution in [2.75, 3.05) is 7.11 Å². The molecule has 2 unspecified atom stereocenters. The van der Waals surface area contributed by atoms with Crippen molar-refractivity contribution in [1.29, 1.82) is 0 Å². The second kappa shape index (κ2) is 3.72. The molecular formula is C8H14O3. The van der Waals surface area contributed by atoms with Crippen LogP contribution in [0.4, 0.5) is 0 Å². The van der Waals surface area contributed by atoms with E-state index in [9.17, 15) is 9.90 Å². The van der Waals surface area contributed by atoms with E-state index in [1.165, 1.54) is 7.11 Å². The first-order valence-corrected chi connectivity index (χ1v) is 3.99. The van der Waals surface area contributed by atoms with Crippen molar-refractivity contribution < 1.29 is 14.6 Å². The summed E-state index contributed by atoms with van der Waals surface area (Å²) in [6.07, 6.45) is 2.91. The highest BCUT2D eigenvalue weighted by molar-refractivity contribution is 5.69. The molecule has 0 spiro atoms. The predicted molar refractivity (Wildman–Crippen MR) is 40.0 cm³/mol. The summed E-state index contributed by atoms with van der Waals surface area (Å²) in [4.78, 5) is 10.8. The van der Waals surface area contributed by atoms with Gasteiger partial charge in [0.25, 0.3) is 0 Å². The molecule has 3 heteroatoms. The molecule has 0 amide bonds. The normalized spacial score (nSPS) is 30.4. The van der Waals surface area contributed by atoms with Crippen LogP contribution in [0.2, 0.25) is 0 Å². The molecule has 1 fully saturated rings. The van der Waals surface area contributed by atoms with Gasteiger partial charge < -0.3 is 9.84 Å². The first-order valence-electron chi connectivity index (χ1n) is 3.99. The maximum absolute atomic E-state index is 10.8. The summed E-state index contributed by atoms with van der Waals surface area (Å²) >= 11 is 0. The monoisotopic (exact) mass is 158 g/mol. The maximum atomic E-state index is 10.8. The summed E-state index contributed by atoms with van der Waals surface area (Å²) in [5.74, 6) is -0.0709. The number of carbonyl (C=O) groups is 1. The minimum absolute atomic E-state index is 0.141. The van der Waals surface area contributed by atoms with E-state index < -0.39 is 0 Å². The van der Waals surface area contributed by atoms with Gasteiger partial charge in [0.2, 0.25) is 0 Å². The molecular weight excluding hydrogens is 144 g/mol. The van der Waals surface area contributed by atoms with Gasteiger partial charge in [-0.05, 0) is 18.8 Å². The minimum Gasteiger partial charge on any atom is -0.469 e. The van der Waals surface area contributed by atoms with Crippen molar-refractivity contribution in [3.63, 3.8) is 0 Å². The molecule has 0 radical (unpaired) electrons. The van der Waals surface area contributed by atoms with Gasteiger partial charge in [-0.25, -0.2) is 0 Å². The minimum atomic E-state index is -0.283. The van der Waals surface area contributed by atoms with E-state index >= 15 is 0 Å². The Morgan fingerprint density at radius 2 is 2.36 bits per heavy atom. The van der Waals surface area contributed by atoms with Gasteiger partial charge in [-0.1, -0.05) is 6.42 Å². The number of methoxy groups -OCH3 is 1. The van der Waals surface area contributed by atoms with Crippen molar-refractivity contribution in [2.24, 2.45) is 5.92 Å². The van der Waals surface area contributed by atoms with Crippen molar-refractivity contribution >= 4 is 5.97 Å². The summed E-state index contributed by atoms with van der Waals surface area (Å²) in [7, 11) is 1.38. The Bertz CT molecular complexity index is 144. The van der Waals surface area contributed by atoms with Crippen LogP contribution in [0.15, 0.2) is 0 Å². The number of esters is 1. The second-order valence-corrected chi connectivity index (χ2v) is 3.04.